The van der Waals surface area contributed by atoms with E-state index in [4.69, 9.17) is 9.47 Å². The lowest BCUT2D eigenvalue weighted by Crippen LogP contribution is -2.32. The Morgan fingerprint density at radius 3 is 2.50 bits per heavy atom. The topological polar surface area (TPSA) is 79.2 Å². The lowest BCUT2D eigenvalue weighted by atomic mass is 9.87. The number of likely N-dealkylation sites (N-methyl/N-ethyl adjacent to an activating group) is 1. The predicted octanol–water partition coefficient (Wildman–Crippen LogP) is 3.22. The van der Waals surface area contributed by atoms with Gasteiger partial charge >= 0.3 is 0 Å². The van der Waals surface area contributed by atoms with E-state index >= 15 is 0 Å². The van der Waals surface area contributed by atoms with Crippen molar-refractivity contribution in [3.63, 3.8) is 0 Å². The van der Waals surface area contributed by atoms with Crippen molar-refractivity contribution in [1.29, 1.82) is 0 Å². The number of benzene rings is 2. The lowest BCUT2D eigenvalue weighted by Gasteiger charge is -2.26. The van der Waals surface area contributed by atoms with Crippen LogP contribution in [0.15, 0.2) is 36.4 Å². The maximum absolute atomic E-state index is 13.1. The number of aromatic hydroxyl groups is 1. The third-order valence-corrected chi connectivity index (χ3v) is 5.63. The van der Waals surface area contributed by atoms with Gasteiger partial charge in [-0.3, -0.25) is 4.79 Å². The molecular formula is C23H26FNO5. The van der Waals surface area contributed by atoms with Gasteiger partial charge in [-0.1, -0.05) is 18.2 Å². The maximum Gasteiger partial charge on any atom is 0.193 e. The number of carbonyl (C=O) groups excluding carboxylic acids is 1. The highest BCUT2D eigenvalue weighted by Gasteiger charge is 2.37. The van der Waals surface area contributed by atoms with Gasteiger partial charge in [-0.2, -0.15) is 0 Å². The van der Waals surface area contributed by atoms with E-state index in [0.717, 1.165) is 6.54 Å². The Labute approximate surface area is 175 Å². The molecule has 1 aliphatic heterocycles. The molecule has 0 radical (unpaired) electrons. The van der Waals surface area contributed by atoms with Gasteiger partial charge in [-0.05, 0) is 43.8 Å². The zero-order valence-corrected chi connectivity index (χ0v) is 17.3. The first-order chi connectivity index (χ1) is 14.4. The van der Waals surface area contributed by atoms with Gasteiger partial charge in [0.2, 0.25) is 0 Å². The number of rotatable bonds is 7. The van der Waals surface area contributed by atoms with Crippen molar-refractivity contribution < 1.29 is 28.9 Å². The molecule has 3 rings (SSSR count). The Morgan fingerprint density at radius 1 is 1.23 bits per heavy atom. The largest absolute Gasteiger partial charge is 0.507 e. The van der Waals surface area contributed by atoms with E-state index < -0.39 is 5.78 Å². The molecule has 0 amide bonds. The fraction of sp³-hybridized carbons (Fsp3) is 0.348. The number of ether oxygens (including phenoxy) is 2. The summed E-state index contributed by atoms with van der Waals surface area (Å²) in [5, 5.41) is 21.0. The Morgan fingerprint density at radius 2 is 1.90 bits per heavy atom. The van der Waals surface area contributed by atoms with E-state index in [0.29, 0.717) is 23.3 Å². The molecule has 2 unspecified atom stereocenters. The lowest BCUT2D eigenvalue weighted by molar-refractivity contribution is 0.104. The van der Waals surface area contributed by atoms with Crippen molar-refractivity contribution in [3.05, 3.63) is 58.9 Å². The van der Waals surface area contributed by atoms with Crippen LogP contribution in [0, 0.1) is 5.82 Å². The second-order valence-corrected chi connectivity index (χ2v) is 7.29. The summed E-state index contributed by atoms with van der Waals surface area (Å²) in [5.74, 6) is -0.634. The number of likely N-dealkylation sites (tertiary alicyclic amines) is 1. The molecule has 1 aliphatic rings. The van der Waals surface area contributed by atoms with Crippen LogP contribution in [0.2, 0.25) is 0 Å². The second-order valence-electron chi connectivity index (χ2n) is 7.29. The predicted molar refractivity (Wildman–Crippen MR) is 112 cm³/mol. The van der Waals surface area contributed by atoms with Crippen molar-refractivity contribution in [2.75, 3.05) is 34.4 Å². The molecule has 2 N–H and O–H groups in total. The van der Waals surface area contributed by atoms with E-state index in [9.17, 15) is 19.4 Å². The summed E-state index contributed by atoms with van der Waals surface area (Å²) in [6, 6.07) is 7.10. The summed E-state index contributed by atoms with van der Waals surface area (Å²) in [6.07, 6.45) is 3.56. The monoisotopic (exact) mass is 415 g/mol. The van der Waals surface area contributed by atoms with Crippen LogP contribution in [-0.2, 0) is 0 Å². The molecule has 30 heavy (non-hydrogen) atoms. The third-order valence-electron chi connectivity index (χ3n) is 5.63. The summed E-state index contributed by atoms with van der Waals surface area (Å²) in [5.41, 5.74) is 1.16. The molecule has 6 nitrogen and oxygen atoms in total. The highest BCUT2D eigenvalue weighted by molar-refractivity contribution is 6.11. The SMILES string of the molecule is COc1cc(OC)c(C2CCN(C)C2CO)c(O)c1C(=O)/C=C/c1ccc(F)cc1. The molecule has 2 atom stereocenters. The van der Waals surface area contributed by atoms with Crippen molar-refractivity contribution in [2.24, 2.45) is 0 Å². The van der Waals surface area contributed by atoms with Gasteiger partial charge in [0, 0.05) is 23.6 Å². The average Bonchev–Trinajstić information content (AvgIpc) is 3.12. The quantitative estimate of drug-likeness (QED) is 0.534. The minimum atomic E-state index is -0.454. The van der Waals surface area contributed by atoms with E-state index in [1.807, 2.05) is 11.9 Å². The Kier molecular flexibility index (Phi) is 6.74. The molecule has 160 valence electrons. The number of hydrogen-bond donors (Lipinski definition) is 2. The molecule has 7 heteroatoms. The van der Waals surface area contributed by atoms with Gasteiger partial charge in [0.05, 0.1) is 20.8 Å². The van der Waals surface area contributed by atoms with Gasteiger partial charge in [-0.15, -0.1) is 0 Å². The van der Waals surface area contributed by atoms with Crippen LogP contribution in [0.3, 0.4) is 0 Å². The number of aliphatic hydroxyl groups excluding tert-OH is 1. The summed E-state index contributed by atoms with van der Waals surface area (Å²) < 4.78 is 23.9. The minimum absolute atomic E-state index is 0.0258. The standard InChI is InChI=1S/C23H26FNO5/c1-25-11-10-16(17(25)13-26)21-19(29-2)12-20(30-3)22(23(21)28)18(27)9-6-14-4-7-15(24)8-5-14/h4-9,12,16-17,26,28H,10-11,13H2,1-3H3/b9-6+. The van der Waals surface area contributed by atoms with Gasteiger partial charge in [0.25, 0.3) is 0 Å². The molecule has 0 aliphatic carbocycles. The average molecular weight is 415 g/mol. The zero-order chi connectivity index (χ0) is 21.8. The molecule has 2 aromatic carbocycles. The molecular weight excluding hydrogens is 389 g/mol. The smallest absolute Gasteiger partial charge is 0.193 e. The number of phenols is 1. The van der Waals surface area contributed by atoms with Crippen LogP contribution in [0.1, 0.15) is 33.8 Å². The van der Waals surface area contributed by atoms with Gasteiger partial charge in [0.15, 0.2) is 5.78 Å². The van der Waals surface area contributed by atoms with E-state index in [1.165, 1.54) is 32.4 Å². The van der Waals surface area contributed by atoms with Crippen molar-refractivity contribution in [3.8, 4) is 17.2 Å². The maximum atomic E-state index is 13.1. The van der Waals surface area contributed by atoms with Gasteiger partial charge in [-0.25, -0.2) is 4.39 Å². The number of carbonyl (C=O) groups is 1. The number of halogens is 1. The normalized spacial score (nSPS) is 19.4. The number of aliphatic hydroxyl groups is 1. The zero-order valence-electron chi connectivity index (χ0n) is 17.3. The molecule has 0 bridgehead atoms. The molecule has 2 aromatic rings. The van der Waals surface area contributed by atoms with Crippen LogP contribution < -0.4 is 9.47 Å². The highest BCUT2D eigenvalue weighted by atomic mass is 19.1. The molecule has 1 heterocycles. The summed E-state index contributed by atoms with van der Waals surface area (Å²) in [6.45, 7) is 0.668. The first kappa shape index (κ1) is 21.8. The number of methoxy groups -OCH3 is 2. The molecule has 1 saturated heterocycles. The fourth-order valence-corrected chi connectivity index (χ4v) is 4.00. The molecule has 0 spiro atoms. The fourth-order valence-electron chi connectivity index (χ4n) is 4.00. The number of phenolic OH excluding ortho intramolecular Hbond substituents is 1. The Bertz CT molecular complexity index is 942. The van der Waals surface area contributed by atoms with E-state index in [-0.39, 0.29) is 41.4 Å². The van der Waals surface area contributed by atoms with E-state index in [2.05, 4.69) is 0 Å². The first-order valence-corrected chi connectivity index (χ1v) is 9.68. The summed E-state index contributed by atoms with van der Waals surface area (Å²) in [7, 11) is 4.81. The molecule has 0 aromatic heterocycles. The van der Waals surface area contributed by atoms with Crippen LogP contribution >= 0.6 is 0 Å². The molecule has 1 fully saturated rings. The van der Waals surface area contributed by atoms with Crippen LogP contribution in [0.4, 0.5) is 4.39 Å². The first-order valence-electron chi connectivity index (χ1n) is 9.68. The molecule has 0 saturated carbocycles. The second kappa shape index (κ2) is 9.28. The Hall–Kier alpha value is -2.90. The van der Waals surface area contributed by atoms with Crippen molar-refractivity contribution in [1.82, 2.24) is 4.90 Å². The number of hydrogen-bond acceptors (Lipinski definition) is 6. The number of nitrogens with zero attached hydrogens (tertiary/aromatic N) is 1. The van der Waals surface area contributed by atoms with Gasteiger partial charge in [0.1, 0.15) is 28.6 Å². The highest BCUT2D eigenvalue weighted by Crippen LogP contribution is 2.47. The van der Waals surface area contributed by atoms with Crippen molar-refractivity contribution in [2.45, 2.75) is 18.4 Å². The van der Waals surface area contributed by atoms with Crippen molar-refractivity contribution >= 4 is 11.9 Å². The Balaban J connectivity index is 2.05. The number of ketones is 1. The summed E-state index contributed by atoms with van der Waals surface area (Å²) in [4.78, 5) is 15.0. The van der Waals surface area contributed by atoms with Crippen LogP contribution in [-0.4, -0.2) is 61.4 Å². The van der Waals surface area contributed by atoms with E-state index in [1.54, 1.807) is 24.3 Å². The third kappa shape index (κ3) is 4.17. The summed E-state index contributed by atoms with van der Waals surface area (Å²) >= 11 is 0. The minimum Gasteiger partial charge on any atom is -0.507 e. The number of allylic oxidation sites excluding steroid dienone is 1. The van der Waals surface area contributed by atoms with Crippen LogP contribution in [0.25, 0.3) is 6.08 Å². The van der Waals surface area contributed by atoms with Crippen LogP contribution in [0.5, 0.6) is 17.2 Å². The van der Waals surface area contributed by atoms with Gasteiger partial charge < -0.3 is 24.6 Å².